The molecule has 3 heteroatoms. The lowest BCUT2D eigenvalue weighted by Gasteiger charge is -2.24. The highest BCUT2D eigenvalue weighted by molar-refractivity contribution is 5.77. The zero-order valence-electron chi connectivity index (χ0n) is 9.98. The molecule has 1 aliphatic rings. The van der Waals surface area contributed by atoms with Crippen molar-refractivity contribution in [1.29, 1.82) is 0 Å². The van der Waals surface area contributed by atoms with Crippen molar-refractivity contribution in [1.82, 2.24) is 5.32 Å². The minimum absolute atomic E-state index is 0.360. The Labute approximate surface area is 99.8 Å². The van der Waals surface area contributed by atoms with E-state index >= 15 is 0 Å². The minimum atomic E-state index is -0.671. The van der Waals surface area contributed by atoms with Crippen LogP contribution in [0, 0.1) is 5.82 Å². The van der Waals surface area contributed by atoms with Crippen LogP contribution < -0.4 is 5.32 Å². The van der Waals surface area contributed by atoms with E-state index in [0.29, 0.717) is 16.8 Å². The van der Waals surface area contributed by atoms with Gasteiger partial charge in [-0.05, 0) is 23.3 Å². The molecule has 17 heavy (non-hydrogen) atoms. The molecule has 2 rings (SSSR count). The number of hydrogen-bond acceptors (Lipinski definition) is 1. The highest BCUT2D eigenvalue weighted by Gasteiger charge is 2.24. The number of rotatable bonds is 2. The Morgan fingerprint density at radius 1 is 1.35 bits per heavy atom. The lowest BCUT2D eigenvalue weighted by atomic mass is 9.83. The van der Waals surface area contributed by atoms with Gasteiger partial charge in [0.15, 0.2) is 0 Å². The summed E-state index contributed by atoms with van der Waals surface area (Å²) in [6.07, 6.45) is 3.47. The van der Waals surface area contributed by atoms with Crippen LogP contribution in [0.3, 0.4) is 0 Å². The van der Waals surface area contributed by atoms with Crippen LogP contribution in [0.4, 0.5) is 8.78 Å². The van der Waals surface area contributed by atoms with Crippen LogP contribution in [0.2, 0.25) is 0 Å². The molecule has 0 aromatic heterocycles. The van der Waals surface area contributed by atoms with Gasteiger partial charge in [0.2, 0.25) is 0 Å². The molecule has 0 bridgehead atoms. The molecular weight excluding hydrogens is 220 g/mol. The first-order valence-electron chi connectivity index (χ1n) is 5.48. The Hall–Kier alpha value is -1.64. The smallest absolute Gasteiger partial charge is 0.133 e. The van der Waals surface area contributed by atoms with E-state index in [9.17, 15) is 8.78 Å². The number of alkyl halides is 1. The predicted octanol–water partition coefficient (Wildman–Crippen LogP) is 3.62. The van der Waals surface area contributed by atoms with Crippen molar-refractivity contribution in [2.24, 2.45) is 0 Å². The fourth-order valence-electron chi connectivity index (χ4n) is 1.85. The zero-order chi connectivity index (χ0) is 12.6. The summed E-state index contributed by atoms with van der Waals surface area (Å²) in [5, 5.41) is 2.86. The Morgan fingerprint density at radius 3 is 2.71 bits per heavy atom. The van der Waals surface area contributed by atoms with Gasteiger partial charge < -0.3 is 5.32 Å². The van der Waals surface area contributed by atoms with Gasteiger partial charge in [0.25, 0.3) is 0 Å². The molecule has 0 radical (unpaired) electrons. The second-order valence-corrected chi connectivity index (χ2v) is 4.90. The molecule has 0 fully saturated rings. The SMILES string of the molecule is C=C1NC=Cc2cc(C(C)(C)CF)cc(F)c21. The molecule has 0 atom stereocenters. The summed E-state index contributed by atoms with van der Waals surface area (Å²) >= 11 is 0. The summed E-state index contributed by atoms with van der Waals surface area (Å²) in [5.74, 6) is -0.360. The average molecular weight is 235 g/mol. The van der Waals surface area contributed by atoms with Gasteiger partial charge in [-0.3, -0.25) is 4.39 Å². The first-order valence-corrected chi connectivity index (χ1v) is 5.48. The van der Waals surface area contributed by atoms with E-state index in [2.05, 4.69) is 11.9 Å². The monoisotopic (exact) mass is 235 g/mol. The standard InChI is InChI=1S/C14H15F2N/c1-9-13-10(4-5-17-9)6-11(7-12(13)16)14(2,3)8-15/h4-7,17H,1,8H2,2-3H3. The molecule has 90 valence electrons. The highest BCUT2D eigenvalue weighted by Crippen LogP contribution is 2.31. The summed E-state index contributed by atoms with van der Waals surface area (Å²) < 4.78 is 26.9. The van der Waals surface area contributed by atoms with Gasteiger partial charge in [0.05, 0.1) is 6.67 Å². The largest absolute Gasteiger partial charge is 0.362 e. The zero-order valence-corrected chi connectivity index (χ0v) is 9.98. The van der Waals surface area contributed by atoms with Gasteiger partial charge in [0.1, 0.15) is 5.82 Å². The predicted molar refractivity (Wildman–Crippen MR) is 66.6 cm³/mol. The van der Waals surface area contributed by atoms with Crippen molar-refractivity contribution >= 4 is 11.8 Å². The van der Waals surface area contributed by atoms with Crippen molar-refractivity contribution in [3.05, 3.63) is 47.4 Å². The topological polar surface area (TPSA) is 12.0 Å². The summed E-state index contributed by atoms with van der Waals surface area (Å²) in [4.78, 5) is 0. The third kappa shape index (κ3) is 1.97. The summed E-state index contributed by atoms with van der Waals surface area (Å²) in [6, 6.07) is 3.21. The fourth-order valence-corrected chi connectivity index (χ4v) is 1.85. The van der Waals surface area contributed by atoms with Crippen molar-refractivity contribution in [2.75, 3.05) is 6.67 Å². The van der Waals surface area contributed by atoms with E-state index in [1.807, 2.05) is 6.07 Å². The van der Waals surface area contributed by atoms with Gasteiger partial charge in [0, 0.05) is 22.9 Å². The molecule has 1 N–H and O–H groups in total. The number of benzene rings is 1. The van der Waals surface area contributed by atoms with Crippen LogP contribution in [0.25, 0.3) is 11.8 Å². The lowest BCUT2D eigenvalue weighted by molar-refractivity contribution is 0.350. The first-order chi connectivity index (χ1) is 7.95. The summed E-state index contributed by atoms with van der Waals surface area (Å²) in [5.41, 5.74) is 1.73. The van der Waals surface area contributed by atoms with E-state index in [-0.39, 0.29) is 5.82 Å². The van der Waals surface area contributed by atoms with Gasteiger partial charge in [-0.2, -0.15) is 0 Å². The van der Waals surface area contributed by atoms with Crippen LogP contribution in [-0.4, -0.2) is 6.67 Å². The molecule has 0 saturated carbocycles. The molecule has 1 nitrogen and oxygen atoms in total. The van der Waals surface area contributed by atoms with Crippen molar-refractivity contribution in [2.45, 2.75) is 19.3 Å². The maximum Gasteiger partial charge on any atom is 0.133 e. The second kappa shape index (κ2) is 3.99. The van der Waals surface area contributed by atoms with Gasteiger partial charge in [-0.1, -0.05) is 26.5 Å². The van der Waals surface area contributed by atoms with E-state index in [1.54, 1.807) is 26.1 Å². The number of nitrogens with one attached hydrogen (secondary N) is 1. The second-order valence-electron chi connectivity index (χ2n) is 4.90. The van der Waals surface area contributed by atoms with E-state index < -0.39 is 12.1 Å². The Morgan fingerprint density at radius 2 is 2.06 bits per heavy atom. The Balaban J connectivity index is 2.60. The third-order valence-corrected chi connectivity index (χ3v) is 3.06. The first kappa shape index (κ1) is 11.8. The van der Waals surface area contributed by atoms with E-state index in [0.717, 1.165) is 5.56 Å². The molecule has 1 aromatic carbocycles. The summed E-state index contributed by atoms with van der Waals surface area (Å²) in [6.45, 7) is 6.75. The molecule has 0 spiro atoms. The van der Waals surface area contributed by atoms with Crippen molar-refractivity contribution in [3.63, 3.8) is 0 Å². The van der Waals surface area contributed by atoms with Crippen LogP contribution in [0.1, 0.15) is 30.5 Å². The molecular formula is C14H15F2N. The average Bonchev–Trinajstić information content (AvgIpc) is 2.28. The number of hydrogen-bond donors (Lipinski definition) is 1. The fraction of sp³-hybridized carbons (Fsp3) is 0.286. The van der Waals surface area contributed by atoms with E-state index in [1.165, 1.54) is 6.07 Å². The van der Waals surface area contributed by atoms with Crippen LogP contribution in [0.15, 0.2) is 24.9 Å². The molecule has 0 saturated heterocycles. The quantitative estimate of drug-likeness (QED) is 0.825. The van der Waals surface area contributed by atoms with Crippen molar-refractivity contribution in [3.8, 4) is 0 Å². The number of halogens is 2. The molecule has 0 unspecified atom stereocenters. The normalized spacial score (nSPS) is 14.5. The van der Waals surface area contributed by atoms with Crippen LogP contribution in [-0.2, 0) is 5.41 Å². The maximum atomic E-state index is 14.0. The minimum Gasteiger partial charge on any atom is -0.362 e. The van der Waals surface area contributed by atoms with Crippen LogP contribution in [0.5, 0.6) is 0 Å². The highest BCUT2D eigenvalue weighted by atomic mass is 19.1. The van der Waals surface area contributed by atoms with Gasteiger partial charge >= 0.3 is 0 Å². The molecule has 0 aliphatic carbocycles. The summed E-state index contributed by atoms with van der Waals surface area (Å²) in [7, 11) is 0. The van der Waals surface area contributed by atoms with Gasteiger partial charge in [-0.15, -0.1) is 0 Å². The lowest BCUT2D eigenvalue weighted by Crippen LogP contribution is -2.21. The maximum absolute atomic E-state index is 14.0. The van der Waals surface area contributed by atoms with E-state index in [4.69, 9.17) is 0 Å². The Bertz CT molecular complexity index is 501. The van der Waals surface area contributed by atoms with Crippen LogP contribution >= 0.6 is 0 Å². The number of fused-ring (bicyclic) bond motifs is 1. The molecule has 1 aromatic rings. The molecule has 1 aliphatic heterocycles. The molecule has 1 heterocycles. The van der Waals surface area contributed by atoms with Gasteiger partial charge in [-0.25, -0.2) is 4.39 Å². The third-order valence-electron chi connectivity index (χ3n) is 3.06. The van der Waals surface area contributed by atoms with Crippen molar-refractivity contribution < 1.29 is 8.78 Å². The Kier molecular flexibility index (Phi) is 2.77. The molecule has 0 amide bonds.